The maximum absolute atomic E-state index is 12.7. The maximum atomic E-state index is 12.7. The SMILES string of the molecule is CCCC(=O)N1CCC(c2nc3c(c(=O)[nH]2)CCN(Cc2ccc(OC)cc2)C3)C1. The Morgan fingerprint density at radius 2 is 2.07 bits per heavy atom. The minimum Gasteiger partial charge on any atom is -0.497 e. The highest BCUT2D eigenvalue weighted by atomic mass is 16.5. The minimum absolute atomic E-state index is 0.0163. The lowest BCUT2D eigenvalue weighted by Crippen LogP contribution is -2.36. The van der Waals surface area contributed by atoms with Gasteiger partial charge in [0.1, 0.15) is 11.6 Å². The molecule has 4 rings (SSSR count). The summed E-state index contributed by atoms with van der Waals surface area (Å²) >= 11 is 0. The first-order chi connectivity index (χ1) is 14.6. The largest absolute Gasteiger partial charge is 0.497 e. The quantitative estimate of drug-likeness (QED) is 0.791. The van der Waals surface area contributed by atoms with Crippen LogP contribution in [0.5, 0.6) is 5.75 Å². The fourth-order valence-corrected chi connectivity index (χ4v) is 4.41. The number of hydrogen-bond acceptors (Lipinski definition) is 5. The van der Waals surface area contributed by atoms with Crippen LogP contribution in [-0.4, -0.2) is 52.4 Å². The van der Waals surface area contributed by atoms with Crippen molar-refractivity contribution < 1.29 is 9.53 Å². The molecule has 2 aromatic rings. The van der Waals surface area contributed by atoms with E-state index in [2.05, 4.69) is 22.0 Å². The third-order valence-corrected chi connectivity index (χ3v) is 6.13. The number of nitrogens with zero attached hydrogens (tertiary/aromatic N) is 3. The van der Waals surface area contributed by atoms with Crippen LogP contribution in [0.1, 0.15) is 54.7 Å². The molecule has 2 aliphatic rings. The summed E-state index contributed by atoms with van der Waals surface area (Å²) in [5, 5.41) is 0. The molecule has 0 saturated carbocycles. The molecule has 0 bridgehead atoms. The van der Waals surface area contributed by atoms with E-state index in [1.165, 1.54) is 5.56 Å². The maximum Gasteiger partial charge on any atom is 0.254 e. The summed E-state index contributed by atoms with van der Waals surface area (Å²) in [4.78, 5) is 37.0. The van der Waals surface area contributed by atoms with Gasteiger partial charge in [-0.2, -0.15) is 0 Å². The van der Waals surface area contributed by atoms with Crippen LogP contribution in [-0.2, 0) is 24.3 Å². The van der Waals surface area contributed by atoms with Gasteiger partial charge in [-0.15, -0.1) is 0 Å². The Kier molecular flexibility index (Phi) is 6.18. The summed E-state index contributed by atoms with van der Waals surface area (Å²) in [5.74, 6) is 1.90. The predicted octanol–water partition coefficient (Wildman–Crippen LogP) is 2.45. The number of aromatic nitrogens is 2. The average molecular weight is 411 g/mol. The van der Waals surface area contributed by atoms with Crippen molar-refractivity contribution in [2.24, 2.45) is 0 Å². The molecule has 0 spiro atoms. The first-order valence-electron chi connectivity index (χ1n) is 10.8. The summed E-state index contributed by atoms with van der Waals surface area (Å²) in [5.41, 5.74) is 2.89. The van der Waals surface area contributed by atoms with Gasteiger partial charge in [0.05, 0.1) is 12.8 Å². The van der Waals surface area contributed by atoms with Gasteiger partial charge >= 0.3 is 0 Å². The van der Waals surface area contributed by atoms with Gasteiger partial charge in [-0.3, -0.25) is 14.5 Å². The molecule has 1 amide bonds. The lowest BCUT2D eigenvalue weighted by Gasteiger charge is -2.28. The zero-order valence-electron chi connectivity index (χ0n) is 17.8. The van der Waals surface area contributed by atoms with E-state index >= 15 is 0 Å². The first kappa shape index (κ1) is 20.6. The molecule has 1 saturated heterocycles. The molecular formula is C23H30N4O3. The third-order valence-electron chi connectivity index (χ3n) is 6.13. The van der Waals surface area contributed by atoms with Gasteiger partial charge < -0.3 is 14.6 Å². The molecule has 0 radical (unpaired) electrons. The fraction of sp³-hybridized carbons (Fsp3) is 0.522. The van der Waals surface area contributed by atoms with Crippen LogP contribution >= 0.6 is 0 Å². The molecule has 1 fully saturated rings. The molecule has 1 aromatic carbocycles. The average Bonchev–Trinajstić information content (AvgIpc) is 3.25. The fourth-order valence-electron chi connectivity index (χ4n) is 4.41. The second-order valence-electron chi connectivity index (χ2n) is 8.26. The van der Waals surface area contributed by atoms with Crippen molar-refractivity contribution >= 4 is 5.91 Å². The van der Waals surface area contributed by atoms with Crippen LogP contribution in [0.2, 0.25) is 0 Å². The number of carbonyl (C=O) groups excluding carboxylic acids is 1. The molecule has 7 heteroatoms. The third kappa shape index (κ3) is 4.41. The van der Waals surface area contributed by atoms with Crippen LogP contribution in [0.25, 0.3) is 0 Å². The van der Waals surface area contributed by atoms with Crippen LogP contribution in [0.3, 0.4) is 0 Å². The Labute approximate surface area is 177 Å². The van der Waals surface area contributed by atoms with Crippen molar-refractivity contribution in [1.82, 2.24) is 19.8 Å². The highest BCUT2D eigenvalue weighted by Gasteiger charge is 2.30. The number of carbonyl (C=O) groups is 1. The van der Waals surface area contributed by atoms with E-state index in [1.807, 2.05) is 24.0 Å². The van der Waals surface area contributed by atoms with E-state index in [0.717, 1.165) is 55.3 Å². The molecule has 1 N–H and O–H groups in total. The summed E-state index contributed by atoms with van der Waals surface area (Å²) in [6, 6.07) is 8.09. The number of amides is 1. The Morgan fingerprint density at radius 1 is 1.27 bits per heavy atom. The molecule has 0 aliphatic carbocycles. The molecular weight excluding hydrogens is 380 g/mol. The highest BCUT2D eigenvalue weighted by molar-refractivity contribution is 5.76. The standard InChI is InChI=1S/C23H30N4O3/c1-3-4-21(28)27-12-9-17(14-27)22-24-20-15-26(11-10-19(20)23(29)25-22)13-16-5-7-18(30-2)8-6-16/h5-8,17H,3-4,9-15H2,1-2H3,(H,24,25,29). The van der Waals surface area contributed by atoms with Gasteiger partial charge in [-0.1, -0.05) is 19.1 Å². The lowest BCUT2D eigenvalue weighted by atomic mass is 10.0. The van der Waals surface area contributed by atoms with Crippen molar-refractivity contribution in [2.45, 2.75) is 51.6 Å². The number of likely N-dealkylation sites (tertiary alicyclic amines) is 1. The predicted molar refractivity (Wildman–Crippen MR) is 115 cm³/mol. The van der Waals surface area contributed by atoms with E-state index in [1.54, 1.807) is 7.11 Å². The van der Waals surface area contributed by atoms with E-state index in [-0.39, 0.29) is 17.4 Å². The lowest BCUT2D eigenvalue weighted by molar-refractivity contribution is -0.130. The zero-order valence-corrected chi connectivity index (χ0v) is 17.8. The number of H-pyrrole nitrogens is 1. The second-order valence-corrected chi connectivity index (χ2v) is 8.26. The molecule has 1 unspecified atom stereocenters. The highest BCUT2D eigenvalue weighted by Crippen LogP contribution is 2.26. The molecule has 1 atom stereocenters. The van der Waals surface area contributed by atoms with Crippen molar-refractivity contribution in [3.05, 3.63) is 57.3 Å². The van der Waals surface area contributed by atoms with E-state index in [0.29, 0.717) is 25.9 Å². The number of fused-ring (bicyclic) bond motifs is 1. The summed E-state index contributed by atoms with van der Waals surface area (Å²) < 4.78 is 5.23. The van der Waals surface area contributed by atoms with Crippen molar-refractivity contribution in [1.29, 1.82) is 0 Å². The van der Waals surface area contributed by atoms with Gasteiger partial charge in [-0.25, -0.2) is 4.98 Å². The normalized spacial score (nSPS) is 19.0. The van der Waals surface area contributed by atoms with Crippen LogP contribution in [0, 0.1) is 0 Å². The number of rotatable bonds is 6. The van der Waals surface area contributed by atoms with Gasteiger partial charge in [-0.05, 0) is 37.0 Å². The van der Waals surface area contributed by atoms with E-state index in [9.17, 15) is 9.59 Å². The minimum atomic E-state index is -0.0163. The summed E-state index contributed by atoms with van der Waals surface area (Å²) in [6.45, 7) is 5.74. The molecule has 30 heavy (non-hydrogen) atoms. The van der Waals surface area contributed by atoms with E-state index in [4.69, 9.17) is 9.72 Å². The van der Waals surface area contributed by atoms with Crippen LogP contribution in [0.4, 0.5) is 0 Å². The Hall–Kier alpha value is -2.67. The molecule has 1 aromatic heterocycles. The first-order valence-corrected chi connectivity index (χ1v) is 10.8. The molecule has 160 valence electrons. The molecule has 2 aliphatic heterocycles. The Bertz CT molecular complexity index is 954. The number of aromatic amines is 1. The van der Waals surface area contributed by atoms with Crippen molar-refractivity contribution in [3.63, 3.8) is 0 Å². The number of nitrogens with one attached hydrogen (secondary N) is 1. The van der Waals surface area contributed by atoms with Gasteiger partial charge in [0.25, 0.3) is 5.56 Å². The van der Waals surface area contributed by atoms with Crippen LogP contribution < -0.4 is 10.3 Å². The van der Waals surface area contributed by atoms with Gasteiger partial charge in [0.2, 0.25) is 5.91 Å². The zero-order chi connectivity index (χ0) is 21.1. The van der Waals surface area contributed by atoms with Crippen LogP contribution in [0.15, 0.2) is 29.1 Å². The summed E-state index contributed by atoms with van der Waals surface area (Å²) in [7, 11) is 1.67. The van der Waals surface area contributed by atoms with Crippen molar-refractivity contribution in [2.75, 3.05) is 26.7 Å². The number of hydrogen-bond donors (Lipinski definition) is 1. The monoisotopic (exact) mass is 410 g/mol. The Morgan fingerprint density at radius 3 is 2.80 bits per heavy atom. The van der Waals surface area contributed by atoms with Gasteiger partial charge in [0.15, 0.2) is 0 Å². The number of methoxy groups -OCH3 is 1. The van der Waals surface area contributed by atoms with Gasteiger partial charge in [0, 0.05) is 50.6 Å². The Balaban J connectivity index is 1.46. The van der Waals surface area contributed by atoms with E-state index < -0.39 is 0 Å². The topological polar surface area (TPSA) is 78.5 Å². The number of ether oxygens (including phenoxy) is 1. The second kappa shape index (κ2) is 9.00. The summed E-state index contributed by atoms with van der Waals surface area (Å²) in [6.07, 6.45) is 3.01. The molecule has 3 heterocycles. The molecule has 7 nitrogen and oxygen atoms in total. The smallest absolute Gasteiger partial charge is 0.254 e. The van der Waals surface area contributed by atoms with Crippen molar-refractivity contribution in [3.8, 4) is 5.75 Å². The number of benzene rings is 1.